The van der Waals surface area contributed by atoms with E-state index in [-0.39, 0.29) is 18.6 Å². The summed E-state index contributed by atoms with van der Waals surface area (Å²) in [5, 5.41) is 2.80. The van der Waals surface area contributed by atoms with Gasteiger partial charge in [-0.1, -0.05) is 15.9 Å². The monoisotopic (exact) mass is 455 g/mol. The molecule has 0 aliphatic heterocycles. The lowest BCUT2D eigenvalue weighted by molar-refractivity contribution is -0.118. The lowest BCUT2D eigenvalue weighted by atomic mass is 10.2. The van der Waals surface area contributed by atoms with Crippen LogP contribution < -0.4 is 14.8 Å². The van der Waals surface area contributed by atoms with Crippen molar-refractivity contribution in [3.8, 4) is 11.5 Å². The van der Waals surface area contributed by atoms with E-state index in [1.165, 1.54) is 0 Å². The number of carbonyl (C=O) groups is 1. The zero-order valence-corrected chi connectivity index (χ0v) is 16.9. The van der Waals surface area contributed by atoms with E-state index >= 15 is 0 Å². The largest absolute Gasteiger partial charge is 0.491 e. The first kappa shape index (κ1) is 18.8. The Hall–Kier alpha value is -1.53. The maximum Gasteiger partial charge on any atom is 0.262 e. The van der Waals surface area contributed by atoms with Crippen molar-refractivity contribution >= 4 is 43.5 Å². The molecule has 2 aromatic carbocycles. The van der Waals surface area contributed by atoms with Crippen LogP contribution in [0.1, 0.15) is 19.4 Å². The summed E-state index contributed by atoms with van der Waals surface area (Å²) in [5.74, 6) is 1.21. The Bertz CT molecular complexity index is 692. The van der Waals surface area contributed by atoms with E-state index in [2.05, 4.69) is 37.2 Å². The molecule has 0 spiro atoms. The standard InChI is InChI=1S/C18H19Br2NO3/c1-11(2)24-15-6-4-14(5-7-15)21-17(22)10-23-18-12(3)8-13(19)9-16(18)20/h4-9,11H,10H2,1-3H3,(H,21,22). The Kier molecular flexibility index (Phi) is 6.69. The van der Waals surface area contributed by atoms with Crippen molar-refractivity contribution in [2.24, 2.45) is 0 Å². The summed E-state index contributed by atoms with van der Waals surface area (Å²) in [6, 6.07) is 11.1. The first-order valence-electron chi connectivity index (χ1n) is 7.50. The zero-order chi connectivity index (χ0) is 17.7. The van der Waals surface area contributed by atoms with Crippen LogP contribution in [0, 0.1) is 6.92 Å². The Labute approximate surface area is 158 Å². The molecule has 1 N–H and O–H groups in total. The van der Waals surface area contributed by atoms with Gasteiger partial charge >= 0.3 is 0 Å². The van der Waals surface area contributed by atoms with Crippen molar-refractivity contribution in [1.82, 2.24) is 0 Å². The van der Waals surface area contributed by atoms with Crippen LogP contribution in [0.2, 0.25) is 0 Å². The van der Waals surface area contributed by atoms with Crippen molar-refractivity contribution in [3.63, 3.8) is 0 Å². The molecule has 0 aliphatic carbocycles. The van der Waals surface area contributed by atoms with Gasteiger partial charge in [0, 0.05) is 10.2 Å². The molecule has 24 heavy (non-hydrogen) atoms. The number of anilines is 1. The molecule has 0 fully saturated rings. The highest BCUT2D eigenvalue weighted by Gasteiger charge is 2.10. The minimum absolute atomic E-state index is 0.0642. The SMILES string of the molecule is Cc1cc(Br)cc(Br)c1OCC(=O)Nc1ccc(OC(C)C)cc1. The van der Waals surface area contributed by atoms with Crippen LogP contribution in [0.4, 0.5) is 5.69 Å². The van der Waals surface area contributed by atoms with Gasteiger partial charge in [0.05, 0.1) is 10.6 Å². The molecule has 2 aromatic rings. The summed E-state index contributed by atoms with van der Waals surface area (Å²) in [6.07, 6.45) is 0.117. The highest BCUT2D eigenvalue weighted by atomic mass is 79.9. The number of aryl methyl sites for hydroxylation is 1. The molecule has 6 heteroatoms. The van der Waals surface area contributed by atoms with Gasteiger partial charge in [0.1, 0.15) is 11.5 Å². The van der Waals surface area contributed by atoms with Gasteiger partial charge in [-0.15, -0.1) is 0 Å². The highest BCUT2D eigenvalue weighted by molar-refractivity contribution is 9.11. The second-order valence-electron chi connectivity index (χ2n) is 5.56. The van der Waals surface area contributed by atoms with Crippen LogP contribution in [0.15, 0.2) is 45.3 Å². The van der Waals surface area contributed by atoms with E-state index in [4.69, 9.17) is 9.47 Å². The third-order valence-corrected chi connectivity index (χ3v) is 4.10. The Morgan fingerprint density at radius 3 is 2.42 bits per heavy atom. The lowest BCUT2D eigenvalue weighted by Gasteiger charge is -2.13. The fourth-order valence-corrected chi connectivity index (χ4v) is 3.65. The molecule has 0 saturated carbocycles. The lowest BCUT2D eigenvalue weighted by Crippen LogP contribution is -2.20. The number of hydrogen-bond acceptors (Lipinski definition) is 3. The first-order valence-corrected chi connectivity index (χ1v) is 9.09. The van der Waals surface area contributed by atoms with Gasteiger partial charge in [-0.2, -0.15) is 0 Å². The van der Waals surface area contributed by atoms with E-state index in [1.807, 2.05) is 45.0 Å². The predicted molar refractivity (Wildman–Crippen MR) is 103 cm³/mol. The molecule has 128 valence electrons. The summed E-state index contributed by atoms with van der Waals surface area (Å²) >= 11 is 6.86. The maximum absolute atomic E-state index is 12.0. The maximum atomic E-state index is 12.0. The summed E-state index contributed by atoms with van der Waals surface area (Å²) in [4.78, 5) is 12.0. The number of halogens is 2. The molecule has 0 radical (unpaired) electrons. The van der Waals surface area contributed by atoms with E-state index in [0.717, 1.165) is 20.3 Å². The van der Waals surface area contributed by atoms with E-state index in [1.54, 1.807) is 12.1 Å². The minimum Gasteiger partial charge on any atom is -0.491 e. The first-order chi connectivity index (χ1) is 11.3. The smallest absolute Gasteiger partial charge is 0.262 e. The van der Waals surface area contributed by atoms with Crippen LogP contribution >= 0.6 is 31.9 Å². The zero-order valence-electron chi connectivity index (χ0n) is 13.7. The minimum atomic E-state index is -0.221. The number of amides is 1. The van der Waals surface area contributed by atoms with Crippen LogP contribution in [-0.2, 0) is 4.79 Å². The molecular weight excluding hydrogens is 438 g/mol. The number of nitrogens with one attached hydrogen (secondary N) is 1. The summed E-state index contributed by atoms with van der Waals surface area (Å²) in [7, 11) is 0. The number of benzene rings is 2. The average Bonchev–Trinajstić information content (AvgIpc) is 2.47. The highest BCUT2D eigenvalue weighted by Crippen LogP contribution is 2.32. The Morgan fingerprint density at radius 2 is 1.83 bits per heavy atom. The van der Waals surface area contributed by atoms with Crippen molar-refractivity contribution < 1.29 is 14.3 Å². The van der Waals surface area contributed by atoms with Crippen molar-refractivity contribution in [1.29, 1.82) is 0 Å². The van der Waals surface area contributed by atoms with Gasteiger partial charge in [0.25, 0.3) is 5.91 Å². The fourth-order valence-electron chi connectivity index (χ4n) is 2.10. The second kappa shape index (κ2) is 8.53. The number of hydrogen-bond donors (Lipinski definition) is 1. The topological polar surface area (TPSA) is 47.6 Å². The normalized spacial score (nSPS) is 10.6. The van der Waals surface area contributed by atoms with Crippen LogP contribution in [0.5, 0.6) is 11.5 Å². The van der Waals surface area contributed by atoms with Gasteiger partial charge in [-0.3, -0.25) is 4.79 Å². The second-order valence-corrected chi connectivity index (χ2v) is 7.33. The molecule has 0 aromatic heterocycles. The quantitative estimate of drug-likeness (QED) is 0.639. The van der Waals surface area contributed by atoms with Crippen molar-refractivity contribution in [3.05, 3.63) is 50.9 Å². The fraction of sp³-hybridized carbons (Fsp3) is 0.278. The molecule has 0 atom stereocenters. The van der Waals surface area contributed by atoms with Gasteiger partial charge in [0.15, 0.2) is 6.61 Å². The van der Waals surface area contributed by atoms with E-state index in [0.29, 0.717) is 11.4 Å². The van der Waals surface area contributed by atoms with Crippen LogP contribution in [0.25, 0.3) is 0 Å². The average molecular weight is 457 g/mol. The predicted octanol–water partition coefficient (Wildman–Crippen LogP) is 5.32. The Balaban J connectivity index is 1.92. The van der Waals surface area contributed by atoms with Crippen LogP contribution in [0.3, 0.4) is 0 Å². The molecule has 0 unspecified atom stereocenters. The van der Waals surface area contributed by atoms with Crippen molar-refractivity contribution in [2.45, 2.75) is 26.9 Å². The summed E-state index contributed by atoms with van der Waals surface area (Å²) in [6.45, 7) is 5.80. The Morgan fingerprint density at radius 1 is 1.17 bits per heavy atom. The molecule has 1 amide bonds. The summed E-state index contributed by atoms with van der Waals surface area (Å²) in [5.41, 5.74) is 1.64. The van der Waals surface area contributed by atoms with Crippen molar-refractivity contribution in [2.75, 3.05) is 11.9 Å². The third kappa shape index (κ3) is 5.53. The van der Waals surface area contributed by atoms with Gasteiger partial charge in [-0.25, -0.2) is 0 Å². The summed E-state index contributed by atoms with van der Waals surface area (Å²) < 4.78 is 13.0. The molecule has 0 heterocycles. The molecule has 0 bridgehead atoms. The van der Waals surface area contributed by atoms with Crippen LogP contribution in [-0.4, -0.2) is 18.6 Å². The van der Waals surface area contributed by atoms with Gasteiger partial charge in [0.2, 0.25) is 0 Å². The number of ether oxygens (including phenoxy) is 2. The van der Waals surface area contributed by atoms with E-state index in [9.17, 15) is 4.79 Å². The molecular formula is C18H19Br2NO3. The number of rotatable bonds is 6. The molecule has 2 rings (SSSR count). The van der Waals surface area contributed by atoms with E-state index < -0.39 is 0 Å². The number of carbonyl (C=O) groups excluding carboxylic acids is 1. The molecule has 0 aliphatic rings. The van der Waals surface area contributed by atoms with Gasteiger partial charge in [-0.05, 0) is 78.7 Å². The molecule has 0 saturated heterocycles. The third-order valence-electron chi connectivity index (χ3n) is 3.05. The molecule has 4 nitrogen and oxygen atoms in total. The van der Waals surface area contributed by atoms with Gasteiger partial charge < -0.3 is 14.8 Å².